The molecule has 1 aromatic heterocycles. The van der Waals surface area contributed by atoms with E-state index in [1.165, 1.54) is 37.4 Å². The number of ether oxygens (including phenoxy) is 1. The Hall–Kier alpha value is -1.99. The highest BCUT2D eigenvalue weighted by Gasteiger charge is 2.17. The summed E-state index contributed by atoms with van der Waals surface area (Å²) in [4.78, 5) is 19.1. The van der Waals surface area contributed by atoms with Crippen molar-refractivity contribution in [3.05, 3.63) is 40.7 Å². The number of nitrogens with zero attached hydrogens (tertiary/aromatic N) is 2. The molecule has 0 atom stereocenters. The number of anilines is 1. The third-order valence-electron chi connectivity index (χ3n) is 4.92. The first-order chi connectivity index (χ1) is 13.0. The van der Waals surface area contributed by atoms with Crippen LogP contribution in [0.2, 0.25) is 0 Å². The number of rotatable bonds is 7. The number of likely N-dealkylation sites (tertiary alicyclic amines) is 1. The van der Waals surface area contributed by atoms with E-state index in [0.717, 1.165) is 36.8 Å². The van der Waals surface area contributed by atoms with Gasteiger partial charge in [-0.2, -0.15) is 0 Å². The molecule has 1 aliphatic rings. The smallest absolute Gasteiger partial charge is 0.226 e. The minimum Gasteiger partial charge on any atom is -0.494 e. The van der Waals surface area contributed by atoms with E-state index in [1.807, 2.05) is 5.38 Å². The van der Waals surface area contributed by atoms with Crippen molar-refractivity contribution in [1.82, 2.24) is 9.88 Å². The maximum Gasteiger partial charge on any atom is 0.226 e. The Balaban J connectivity index is 1.45. The van der Waals surface area contributed by atoms with E-state index in [2.05, 4.69) is 22.1 Å². The molecule has 1 saturated heterocycles. The number of carbonyl (C=O) groups is 1. The van der Waals surface area contributed by atoms with Gasteiger partial charge in [-0.3, -0.25) is 9.69 Å². The minimum absolute atomic E-state index is 0.112. The van der Waals surface area contributed by atoms with Crippen LogP contribution in [0.5, 0.6) is 5.75 Å². The van der Waals surface area contributed by atoms with Crippen molar-refractivity contribution in [2.75, 3.05) is 25.5 Å². The van der Waals surface area contributed by atoms with Gasteiger partial charge >= 0.3 is 0 Å². The van der Waals surface area contributed by atoms with Crippen molar-refractivity contribution in [3.63, 3.8) is 0 Å². The molecule has 1 amide bonds. The van der Waals surface area contributed by atoms with E-state index in [-0.39, 0.29) is 18.1 Å². The summed E-state index contributed by atoms with van der Waals surface area (Å²) < 4.78 is 18.6. The zero-order valence-electron chi connectivity index (χ0n) is 15.8. The zero-order valence-corrected chi connectivity index (χ0v) is 16.7. The second kappa shape index (κ2) is 9.28. The van der Waals surface area contributed by atoms with Gasteiger partial charge in [-0.1, -0.05) is 13.0 Å². The molecule has 0 aliphatic carbocycles. The normalized spacial score (nSPS) is 15.7. The Bertz CT molecular complexity index is 772. The molecule has 1 fully saturated rings. The van der Waals surface area contributed by atoms with Crippen molar-refractivity contribution in [1.29, 1.82) is 0 Å². The third-order valence-corrected chi connectivity index (χ3v) is 5.72. The van der Waals surface area contributed by atoms with E-state index >= 15 is 0 Å². The van der Waals surface area contributed by atoms with Crippen LogP contribution in [-0.4, -0.2) is 36.0 Å². The van der Waals surface area contributed by atoms with E-state index in [1.54, 1.807) is 12.1 Å². The first-order valence-corrected chi connectivity index (χ1v) is 10.2. The molecule has 1 aliphatic heterocycles. The van der Waals surface area contributed by atoms with Crippen molar-refractivity contribution in [2.24, 2.45) is 5.92 Å². The molecule has 146 valence electrons. The molecule has 0 radical (unpaired) electrons. The average molecular weight is 392 g/mol. The fraction of sp³-hybridized carbons (Fsp3) is 0.500. The fourth-order valence-corrected chi connectivity index (χ4v) is 3.91. The maximum atomic E-state index is 13.7. The predicted molar refractivity (Wildman–Crippen MR) is 106 cm³/mol. The van der Waals surface area contributed by atoms with Gasteiger partial charge in [0.05, 0.1) is 12.8 Å². The molecule has 0 saturated carbocycles. The second-order valence-corrected chi connectivity index (χ2v) is 7.98. The number of aromatic nitrogens is 1. The number of hydrogen-bond acceptors (Lipinski definition) is 5. The number of carbonyl (C=O) groups excluding carboxylic acids is 1. The quantitative estimate of drug-likeness (QED) is 0.772. The zero-order chi connectivity index (χ0) is 19.2. The minimum atomic E-state index is -0.410. The van der Waals surface area contributed by atoms with Gasteiger partial charge in [0, 0.05) is 18.3 Å². The molecule has 0 bridgehead atoms. The predicted octanol–water partition coefficient (Wildman–Crippen LogP) is 4.09. The van der Waals surface area contributed by atoms with Crippen LogP contribution in [-0.2, 0) is 17.8 Å². The first kappa shape index (κ1) is 19.8. The molecule has 2 aromatic rings. The van der Waals surface area contributed by atoms with Gasteiger partial charge in [0.1, 0.15) is 0 Å². The number of nitrogens with one attached hydrogen (secondary N) is 1. The molecule has 0 spiro atoms. The van der Waals surface area contributed by atoms with Gasteiger partial charge in [0.2, 0.25) is 5.91 Å². The van der Waals surface area contributed by atoms with Crippen LogP contribution in [0.1, 0.15) is 37.4 Å². The summed E-state index contributed by atoms with van der Waals surface area (Å²) in [6.07, 6.45) is 3.22. The molecule has 1 aromatic carbocycles. The highest BCUT2D eigenvalue weighted by atomic mass is 32.1. The van der Waals surface area contributed by atoms with Crippen LogP contribution < -0.4 is 10.1 Å². The van der Waals surface area contributed by atoms with Gasteiger partial charge < -0.3 is 10.1 Å². The molecule has 1 N–H and O–H groups in total. The monoisotopic (exact) mass is 391 g/mol. The number of benzene rings is 1. The number of hydrogen-bond donors (Lipinski definition) is 1. The largest absolute Gasteiger partial charge is 0.494 e. The van der Waals surface area contributed by atoms with Crippen molar-refractivity contribution in [2.45, 2.75) is 39.2 Å². The lowest BCUT2D eigenvalue weighted by Crippen LogP contribution is -2.32. The number of halogens is 1. The molecule has 0 unspecified atom stereocenters. The number of aryl methyl sites for hydroxylation is 1. The topological polar surface area (TPSA) is 54.5 Å². The van der Waals surface area contributed by atoms with Crippen molar-refractivity contribution < 1.29 is 13.9 Å². The Morgan fingerprint density at radius 1 is 1.41 bits per heavy atom. The third kappa shape index (κ3) is 5.74. The van der Waals surface area contributed by atoms with E-state index in [0.29, 0.717) is 11.6 Å². The molecule has 7 heteroatoms. The number of thiazole rings is 1. The first-order valence-electron chi connectivity index (χ1n) is 9.32. The van der Waals surface area contributed by atoms with Crippen LogP contribution in [0.4, 0.5) is 9.52 Å². The molecular formula is C20H26FN3O2S. The highest BCUT2D eigenvalue weighted by Crippen LogP contribution is 2.22. The van der Waals surface area contributed by atoms with Gasteiger partial charge in [0.25, 0.3) is 0 Å². The van der Waals surface area contributed by atoms with Crippen LogP contribution in [0.15, 0.2) is 23.6 Å². The van der Waals surface area contributed by atoms with Crippen LogP contribution in [0, 0.1) is 11.7 Å². The van der Waals surface area contributed by atoms with Crippen molar-refractivity contribution in [3.8, 4) is 5.75 Å². The Labute approximate surface area is 163 Å². The van der Waals surface area contributed by atoms with Crippen LogP contribution >= 0.6 is 11.3 Å². The van der Waals surface area contributed by atoms with E-state index in [4.69, 9.17) is 4.74 Å². The van der Waals surface area contributed by atoms with Crippen LogP contribution in [0.25, 0.3) is 0 Å². The summed E-state index contributed by atoms with van der Waals surface area (Å²) >= 11 is 1.45. The second-order valence-electron chi connectivity index (χ2n) is 7.12. The molecule has 3 rings (SSSR count). The highest BCUT2D eigenvalue weighted by molar-refractivity contribution is 7.13. The molecule has 27 heavy (non-hydrogen) atoms. The summed E-state index contributed by atoms with van der Waals surface area (Å²) in [5.74, 6) is 0.499. The van der Waals surface area contributed by atoms with Gasteiger partial charge in [-0.25, -0.2) is 9.37 Å². The maximum absolute atomic E-state index is 13.7. The summed E-state index contributed by atoms with van der Waals surface area (Å²) in [5.41, 5.74) is 1.77. The molecule has 2 heterocycles. The summed E-state index contributed by atoms with van der Waals surface area (Å²) in [7, 11) is 1.43. The van der Waals surface area contributed by atoms with Gasteiger partial charge in [-0.05, 0) is 56.0 Å². The van der Waals surface area contributed by atoms with Gasteiger partial charge in [-0.15, -0.1) is 11.3 Å². The molecular weight excluding hydrogens is 365 g/mol. The standard InChI is InChI=1S/C20H26FN3O2S/c1-14-7-9-24(10-8-14)12-16-13-27-20(22-16)23-19(25)6-4-15-3-5-18(26-2)17(21)11-15/h3,5,11,13-14H,4,6-10,12H2,1-2H3,(H,22,23,25). The summed E-state index contributed by atoms with van der Waals surface area (Å²) in [6.45, 7) is 5.36. The summed E-state index contributed by atoms with van der Waals surface area (Å²) in [6, 6.07) is 4.76. The van der Waals surface area contributed by atoms with E-state index in [9.17, 15) is 9.18 Å². The fourth-order valence-electron chi connectivity index (χ4n) is 3.19. The summed E-state index contributed by atoms with van der Waals surface area (Å²) in [5, 5.41) is 5.48. The van der Waals surface area contributed by atoms with E-state index < -0.39 is 5.82 Å². The molecule has 5 nitrogen and oxygen atoms in total. The van der Waals surface area contributed by atoms with Crippen LogP contribution in [0.3, 0.4) is 0 Å². The van der Waals surface area contributed by atoms with Crippen molar-refractivity contribution >= 4 is 22.4 Å². The SMILES string of the molecule is COc1ccc(CCC(=O)Nc2nc(CN3CCC(C)CC3)cs2)cc1F. The number of amides is 1. The Kier molecular flexibility index (Phi) is 6.79. The number of methoxy groups -OCH3 is 1. The lowest BCUT2D eigenvalue weighted by atomic mass is 9.99. The van der Waals surface area contributed by atoms with Gasteiger partial charge in [0.15, 0.2) is 16.7 Å². The lowest BCUT2D eigenvalue weighted by Gasteiger charge is -2.29. The lowest BCUT2D eigenvalue weighted by molar-refractivity contribution is -0.116. The Morgan fingerprint density at radius 2 is 2.19 bits per heavy atom. The Morgan fingerprint density at radius 3 is 2.89 bits per heavy atom. The number of piperidine rings is 1. The average Bonchev–Trinajstić information content (AvgIpc) is 3.09.